The first-order chi connectivity index (χ1) is 8.58. The van der Waals surface area contributed by atoms with Gasteiger partial charge in [-0.05, 0) is 44.5 Å². The van der Waals surface area contributed by atoms with Gasteiger partial charge in [-0.3, -0.25) is 0 Å². The third-order valence-electron chi connectivity index (χ3n) is 2.03. The van der Waals surface area contributed by atoms with Crippen molar-refractivity contribution >= 4 is 22.1 Å². The van der Waals surface area contributed by atoms with Gasteiger partial charge < -0.3 is 4.74 Å². The van der Waals surface area contributed by atoms with E-state index in [0.29, 0.717) is 5.56 Å². The van der Waals surface area contributed by atoms with Crippen LogP contribution in [-0.2, 0) is 19.6 Å². The Bertz CT molecular complexity index is 580. The maximum atomic E-state index is 11.4. The van der Waals surface area contributed by atoms with E-state index < -0.39 is 21.6 Å². The molecule has 6 heteroatoms. The van der Waals surface area contributed by atoms with Crippen LogP contribution in [0.1, 0.15) is 26.3 Å². The topological polar surface area (TPSA) is 86.5 Å². The zero-order valence-corrected chi connectivity index (χ0v) is 11.9. The summed E-state index contributed by atoms with van der Waals surface area (Å²) in [6.07, 6.45) is 2.83. The van der Waals surface area contributed by atoms with E-state index in [1.54, 1.807) is 39.0 Å². The average Bonchev–Trinajstić information content (AvgIpc) is 2.23. The number of rotatable bonds is 3. The summed E-state index contributed by atoms with van der Waals surface area (Å²) in [5, 5.41) is 4.98. The molecule has 0 bridgehead atoms. The first-order valence-corrected chi connectivity index (χ1v) is 7.16. The molecule has 0 heterocycles. The van der Waals surface area contributed by atoms with Gasteiger partial charge >= 0.3 is 5.97 Å². The molecule has 0 aliphatic rings. The number of benzene rings is 1. The van der Waals surface area contributed by atoms with Gasteiger partial charge in [-0.15, -0.1) is 0 Å². The lowest BCUT2D eigenvalue weighted by Gasteiger charge is -2.17. The van der Waals surface area contributed by atoms with Gasteiger partial charge in [-0.2, -0.15) is 0 Å². The Kier molecular flexibility index (Phi) is 4.49. The van der Waals surface area contributed by atoms with Crippen LogP contribution in [0.25, 0.3) is 6.08 Å². The summed E-state index contributed by atoms with van der Waals surface area (Å²) in [6, 6.07) is 5.87. The van der Waals surface area contributed by atoms with Crippen LogP contribution >= 0.6 is 0 Å². The van der Waals surface area contributed by atoms with Gasteiger partial charge in [0.2, 0.25) is 10.0 Å². The Hall–Kier alpha value is -1.66. The first kappa shape index (κ1) is 15.4. The van der Waals surface area contributed by atoms with Gasteiger partial charge in [0.1, 0.15) is 5.60 Å². The SMILES string of the molecule is CC(C)(C)OC(=O)/C=C/c1ccc(S(N)(=O)=O)cc1. The van der Waals surface area contributed by atoms with E-state index in [9.17, 15) is 13.2 Å². The number of sulfonamides is 1. The molecule has 0 saturated carbocycles. The number of hydrogen-bond acceptors (Lipinski definition) is 4. The second kappa shape index (κ2) is 5.54. The van der Waals surface area contributed by atoms with Crippen LogP contribution in [0.5, 0.6) is 0 Å². The fraction of sp³-hybridized carbons (Fsp3) is 0.308. The van der Waals surface area contributed by atoms with Gasteiger partial charge in [-0.25, -0.2) is 18.4 Å². The van der Waals surface area contributed by atoms with Gasteiger partial charge in [0.15, 0.2) is 0 Å². The van der Waals surface area contributed by atoms with E-state index in [2.05, 4.69) is 0 Å². The Morgan fingerprint density at radius 3 is 2.16 bits per heavy atom. The van der Waals surface area contributed by atoms with Crippen molar-refractivity contribution in [1.82, 2.24) is 0 Å². The highest BCUT2D eigenvalue weighted by molar-refractivity contribution is 7.89. The molecule has 0 spiro atoms. The van der Waals surface area contributed by atoms with E-state index >= 15 is 0 Å². The summed E-state index contributed by atoms with van der Waals surface area (Å²) in [6.45, 7) is 5.33. The van der Waals surface area contributed by atoms with E-state index in [0.717, 1.165) is 0 Å². The normalized spacial score (nSPS) is 12.6. The largest absolute Gasteiger partial charge is 0.457 e. The molecule has 0 aromatic heterocycles. The molecular weight excluding hydrogens is 266 g/mol. The maximum Gasteiger partial charge on any atom is 0.331 e. The predicted octanol–water partition coefficient (Wildman–Crippen LogP) is 1.69. The molecule has 104 valence electrons. The van der Waals surface area contributed by atoms with Crippen LogP contribution in [0.15, 0.2) is 35.2 Å². The lowest BCUT2D eigenvalue weighted by molar-refractivity contribution is -0.148. The molecule has 0 aliphatic heterocycles. The minimum absolute atomic E-state index is 0.0296. The monoisotopic (exact) mass is 283 g/mol. The molecule has 1 aromatic rings. The van der Waals surface area contributed by atoms with Gasteiger partial charge in [-0.1, -0.05) is 12.1 Å². The van der Waals surface area contributed by atoms with Crippen LogP contribution in [-0.4, -0.2) is 20.0 Å². The zero-order chi connectivity index (χ0) is 14.7. The summed E-state index contributed by atoms with van der Waals surface area (Å²) >= 11 is 0. The lowest BCUT2D eigenvalue weighted by Crippen LogP contribution is -2.22. The summed E-state index contributed by atoms with van der Waals surface area (Å²) in [7, 11) is -3.69. The van der Waals surface area contributed by atoms with E-state index in [-0.39, 0.29) is 4.90 Å². The molecule has 5 nitrogen and oxygen atoms in total. The number of hydrogen-bond donors (Lipinski definition) is 1. The van der Waals surface area contributed by atoms with Crippen LogP contribution in [0, 0.1) is 0 Å². The number of ether oxygens (including phenoxy) is 1. The predicted molar refractivity (Wildman–Crippen MR) is 72.7 cm³/mol. The van der Waals surface area contributed by atoms with Crippen molar-refractivity contribution in [3.63, 3.8) is 0 Å². The molecule has 0 radical (unpaired) electrons. The van der Waals surface area contributed by atoms with Crippen LogP contribution in [0.4, 0.5) is 0 Å². The van der Waals surface area contributed by atoms with Crippen LogP contribution < -0.4 is 5.14 Å². The molecule has 0 unspecified atom stereocenters. The molecule has 0 amide bonds. The third-order valence-corrected chi connectivity index (χ3v) is 2.96. The molecular formula is C13H17NO4S. The number of esters is 1. The van der Waals surface area contributed by atoms with Crippen molar-refractivity contribution < 1.29 is 17.9 Å². The summed E-state index contributed by atoms with van der Waals surface area (Å²) in [4.78, 5) is 11.5. The quantitative estimate of drug-likeness (QED) is 0.675. The minimum atomic E-state index is -3.69. The van der Waals surface area contributed by atoms with Crippen molar-refractivity contribution in [1.29, 1.82) is 0 Å². The molecule has 1 rings (SSSR count). The van der Waals surface area contributed by atoms with Crippen molar-refractivity contribution in [2.45, 2.75) is 31.3 Å². The summed E-state index contributed by atoms with van der Waals surface area (Å²) in [5.41, 5.74) is 0.136. The fourth-order valence-electron chi connectivity index (χ4n) is 1.27. The minimum Gasteiger partial charge on any atom is -0.457 e. The lowest BCUT2D eigenvalue weighted by atomic mass is 10.2. The molecule has 0 aliphatic carbocycles. The number of carbonyl (C=O) groups is 1. The number of nitrogens with two attached hydrogens (primary N) is 1. The summed E-state index contributed by atoms with van der Waals surface area (Å²) < 4.78 is 27.2. The number of primary sulfonamides is 1. The molecule has 1 aromatic carbocycles. The van der Waals surface area contributed by atoms with Crippen LogP contribution in [0.2, 0.25) is 0 Å². The first-order valence-electron chi connectivity index (χ1n) is 5.62. The standard InChI is InChI=1S/C13H17NO4S/c1-13(2,3)18-12(15)9-6-10-4-7-11(8-5-10)19(14,16)17/h4-9H,1-3H3,(H2,14,16,17)/b9-6+. The number of carbonyl (C=O) groups excluding carboxylic acids is 1. The maximum absolute atomic E-state index is 11.4. The van der Waals surface area contributed by atoms with Crippen molar-refractivity contribution in [3.05, 3.63) is 35.9 Å². The van der Waals surface area contributed by atoms with Crippen LogP contribution in [0.3, 0.4) is 0 Å². The van der Waals surface area contributed by atoms with Crippen molar-refractivity contribution in [3.8, 4) is 0 Å². The van der Waals surface area contributed by atoms with E-state index in [1.165, 1.54) is 18.2 Å². The van der Waals surface area contributed by atoms with Crippen molar-refractivity contribution in [2.24, 2.45) is 5.14 Å². The smallest absolute Gasteiger partial charge is 0.331 e. The average molecular weight is 283 g/mol. The van der Waals surface area contributed by atoms with E-state index in [1.807, 2.05) is 0 Å². The highest BCUT2D eigenvalue weighted by atomic mass is 32.2. The highest BCUT2D eigenvalue weighted by Gasteiger charge is 2.13. The van der Waals surface area contributed by atoms with Gasteiger partial charge in [0.25, 0.3) is 0 Å². The summed E-state index contributed by atoms with van der Waals surface area (Å²) in [5.74, 6) is -0.456. The Morgan fingerprint density at radius 1 is 1.21 bits per heavy atom. The second-order valence-electron chi connectivity index (χ2n) is 4.98. The molecule has 0 fully saturated rings. The van der Waals surface area contributed by atoms with Gasteiger partial charge in [0, 0.05) is 6.08 Å². The van der Waals surface area contributed by atoms with Gasteiger partial charge in [0.05, 0.1) is 4.90 Å². The molecule has 2 N–H and O–H groups in total. The Balaban J connectivity index is 2.76. The molecule has 19 heavy (non-hydrogen) atoms. The molecule has 0 saturated heterocycles. The Morgan fingerprint density at radius 2 is 1.74 bits per heavy atom. The Labute approximate surface area is 113 Å². The molecule has 0 atom stereocenters. The second-order valence-corrected chi connectivity index (χ2v) is 6.54. The third kappa shape index (κ3) is 5.67. The fourth-order valence-corrected chi connectivity index (χ4v) is 1.78. The van der Waals surface area contributed by atoms with Crippen molar-refractivity contribution in [2.75, 3.05) is 0 Å². The zero-order valence-electron chi connectivity index (χ0n) is 11.1. The van der Waals surface area contributed by atoms with E-state index in [4.69, 9.17) is 9.88 Å². The highest BCUT2D eigenvalue weighted by Crippen LogP contribution is 2.11.